The average Bonchev–Trinajstić information content (AvgIpc) is 3.31. The van der Waals surface area contributed by atoms with E-state index in [9.17, 15) is 45.6 Å². The number of amides is 1. The monoisotopic (exact) mass is 946 g/mol. The number of nitrogens with one attached hydrogen (secondary N) is 1. The molecule has 0 saturated carbocycles. The number of ether oxygens (including phenoxy) is 4. The molecule has 1 amide bonds. The second-order valence-corrected chi connectivity index (χ2v) is 19.4. The summed E-state index contributed by atoms with van der Waals surface area (Å²) >= 11 is 0. The molecule has 2 aliphatic heterocycles. The number of aliphatic hydroxyl groups excluding tert-OH is 8. The fourth-order valence-corrected chi connectivity index (χ4v) is 9.06. The van der Waals surface area contributed by atoms with Crippen LogP contribution in [0.15, 0.2) is 12.2 Å². The van der Waals surface area contributed by atoms with Crippen molar-refractivity contribution in [1.82, 2.24) is 5.32 Å². The van der Waals surface area contributed by atoms with Crippen molar-refractivity contribution in [2.24, 2.45) is 0 Å². The number of allylic oxidation sites excluding steroid dienone is 2. The van der Waals surface area contributed by atoms with E-state index in [1.54, 1.807) is 0 Å². The second-order valence-electron chi connectivity index (χ2n) is 19.4. The van der Waals surface area contributed by atoms with E-state index in [1.165, 1.54) is 141 Å². The van der Waals surface area contributed by atoms with Crippen LogP contribution >= 0.6 is 0 Å². The smallest absolute Gasteiger partial charge is 0.220 e. The van der Waals surface area contributed by atoms with Crippen molar-refractivity contribution in [3.63, 3.8) is 0 Å². The first-order valence-corrected chi connectivity index (χ1v) is 26.9. The molecule has 9 N–H and O–H groups in total. The van der Waals surface area contributed by atoms with Crippen LogP contribution in [0.1, 0.15) is 219 Å². The third-order valence-electron chi connectivity index (χ3n) is 13.5. The zero-order chi connectivity index (χ0) is 48.2. The van der Waals surface area contributed by atoms with Crippen molar-refractivity contribution in [2.45, 2.75) is 293 Å². The molecular formula is C52H99NO13. The van der Waals surface area contributed by atoms with Crippen molar-refractivity contribution in [3.8, 4) is 0 Å². The van der Waals surface area contributed by atoms with E-state index in [0.717, 1.165) is 51.4 Å². The highest BCUT2D eigenvalue weighted by molar-refractivity contribution is 5.76. The summed E-state index contributed by atoms with van der Waals surface area (Å²) in [6, 6.07) is -0.823. The SMILES string of the molecule is CCCCCCCCCC/C=C\CCCCCCCCCCCCCC(=O)NC(COC1OC(CO)C(OC2OC(CO)C(O)C(O)C2O)C(O)C1O)C(O)CCCCCCCCCCC. The molecule has 2 fully saturated rings. The lowest BCUT2D eigenvalue weighted by atomic mass is 9.97. The van der Waals surface area contributed by atoms with Gasteiger partial charge in [0.05, 0.1) is 32.0 Å². The number of aliphatic hydroxyl groups is 8. The van der Waals surface area contributed by atoms with E-state index in [0.29, 0.717) is 12.8 Å². The zero-order valence-corrected chi connectivity index (χ0v) is 41.5. The molecule has 0 aromatic carbocycles. The van der Waals surface area contributed by atoms with E-state index in [4.69, 9.17) is 18.9 Å². The van der Waals surface area contributed by atoms with Gasteiger partial charge in [0.15, 0.2) is 12.6 Å². The maximum absolute atomic E-state index is 13.2. The van der Waals surface area contributed by atoms with Crippen molar-refractivity contribution in [1.29, 1.82) is 0 Å². The second kappa shape index (κ2) is 39.5. The van der Waals surface area contributed by atoms with Crippen LogP contribution in [-0.2, 0) is 23.7 Å². The molecule has 0 spiro atoms. The molecule has 66 heavy (non-hydrogen) atoms. The molecule has 2 rings (SSSR count). The van der Waals surface area contributed by atoms with Gasteiger partial charge in [-0.05, 0) is 38.5 Å². The highest BCUT2D eigenvalue weighted by atomic mass is 16.7. The number of carbonyl (C=O) groups is 1. The summed E-state index contributed by atoms with van der Waals surface area (Å²) < 4.78 is 22.7. The Morgan fingerprint density at radius 1 is 0.530 bits per heavy atom. The Balaban J connectivity index is 1.72. The van der Waals surface area contributed by atoms with Gasteiger partial charge in [0.1, 0.15) is 48.8 Å². The Morgan fingerprint density at radius 3 is 1.44 bits per heavy atom. The summed E-state index contributed by atoms with van der Waals surface area (Å²) in [6.07, 6.45) is 25.2. The summed E-state index contributed by atoms with van der Waals surface area (Å²) in [5, 5.41) is 86.8. The van der Waals surface area contributed by atoms with Crippen LogP contribution in [0.4, 0.5) is 0 Å². The number of unbranched alkanes of at least 4 members (excludes halogenated alkanes) is 27. The zero-order valence-electron chi connectivity index (χ0n) is 41.5. The summed E-state index contributed by atoms with van der Waals surface area (Å²) in [7, 11) is 0. The molecule has 390 valence electrons. The quantitative estimate of drug-likeness (QED) is 0.0213. The first-order chi connectivity index (χ1) is 32.1. The highest BCUT2D eigenvalue weighted by Crippen LogP contribution is 2.30. The molecule has 14 heteroatoms. The number of hydrogen-bond acceptors (Lipinski definition) is 13. The van der Waals surface area contributed by atoms with Crippen LogP contribution in [0.2, 0.25) is 0 Å². The lowest BCUT2D eigenvalue weighted by Gasteiger charge is -2.46. The lowest BCUT2D eigenvalue weighted by Crippen LogP contribution is -2.65. The van der Waals surface area contributed by atoms with Crippen LogP contribution in [0.3, 0.4) is 0 Å². The van der Waals surface area contributed by atoms with Gasteiger partial charge in [0.25, 0.3) is 0 Å². The Bertz CT molecular complexity index is 1160. The topological polar surface area (TPSA) is 228 Å². The maximum atomic E-state index is 13.2. The van der Waals surface area contributed by atoms with E-state index < -0.39 is 86.8 Å². The van der Waals surface area contributed by atoms with E-state index in [2.05, 4.69) is 31.3 Å². The third-order valence-corrected chi connectivity index (χ3v) is 13.5. The van der Waals surface area contributed by atoms with Gasteiger partial charge >= 0.3 is 0 Å². The summed E-state index contributed by atoms with van der Waals surface area (Å²) in [6.45, 7) is 2.83. The van der Waals surface area contributed by atoms with Gasteiger partial charge in [-0.3, -0.25) is 4.79 Å². The molecular weight excluding hydrogens is 847 g/mol. The summed E-state index contributed by atoms with van der Waals surface area (Å²) in [5.74, 6) is -0.208. The average molecular weight is 946 g/mol. The first-order valence-electron chi connectivity index (χ1n) is 26.9. The van der Waals surface area contributed by atoms with Gasteiger partial charge in [0, 0.05) is 6.42 Å². The fourth-order valence-electron chi connectivity index (χ4n) is 9.06. The van der Waals surface area contributed by atoms with Crippen LogP contribution in [0, 0.1) is 0 Å². The fraction of sp³-hybridized carbons (Fsp3) is 0.942. The first kappa shape index (κ1) is 60.9. The Kier molecular flexibility index (Phi) is 36.4. The predicted octanol–water partition coefficient (Wildman–Crippen LogP) is 7.55. The molecule has 2 aliphatic rings. The summed E-state index contributed by atoms with van der Waals surface area (Å²) in [5.41, 5.74) is 0. The third kappa shape index (κ3) is 26.1. The maximum Gasteiger partial charge on any atom is 0.220 e. The number of rotatable bonds is 42. The summed E-state index contributed by atoms with van der Waals surface area (Å²) in [4.78, 5) is 13.2. The van der Waals surface area contributed by atoms with E-state index >= 15 is 0 Å². The molecule has 0 aromatic heterocycles. The normalized spacial score (nSPS) is 26.8. The van der Waals surface area contributed by atoms with Gasteiger partial charge in [-0.2, -0.15) is 0 Å². The van der Waals surface area contributed by atoms with Crippen molar-refractivity contribution < 1.29 is 64.6 Å². The van der Waals surface area contributed by atoms with Gasteiger partial charge in [0.2, 0.25) is 5.91 Å². The van der Waals surface area contributed by atoms with Gasteiger partial charge < -0.3 is 65.1 Å². The molecule has 0 bridgehead atoms. The molecule has 2 heterocycles. The van der Waals surface area contributed by atoms with Crippen LogP contribution < -0.4 is 5.32 Å². The van der Waals surface area contributed by atoms with Crippen LogP contribution in [0.5, 0.6) is 0 Å². The molecule has 0 radical (unpaired) electrons. The number of carbonyl (C=O) groups excluding carboxylic acids is 1. The highest BCUT2D eigenvalue weighted by Gasteiger charge is 2.51. The Hall–Kier alpha value is -1.27. The molecule has 12 unspecified atom stereocenters. The minimum atomic E-state index is -1.78. The van der Waals surface area contributed by atoms with Crippen LogP contribution in [0.25, 0.3) is 0 Å². The lowest BCUT2D eigenvalue weighted by molar-refractivity contribution is -0.359. The Morgan fingerprint density at radius 2 is 0.955 bits per heavy atom. The van der Waals surface area contributed by atoms with Gasteiger partial charge in [-0.25, -0.2) is 0 Å². The van der Waals surface area contributed by atoms with E-state index in [-0.39, 0.29) is 12.5 Å². The van der Waals surface area contributed by atoms with E-state index in [1.807, 2.05) is 0 Å². The van der Waals surface area contributed by atoms with Crippen molar-refractivity contribution in [2.75, 3.05) is 19.8 Å². The molecule has 0 aliphatic carbocycles. The molecule has 12 atom stereocenters. The van der Waals surface area contributed by atoms with Crippen molar-refractivity contribution in [3.05, 3.63) is 12.2 Å². The largest absolute Gasteiger partial charge is 0.394 e. The molecule has 2 saturated heterocycles. The standard InChI is InChI=1S/C52H99NO13/c1-3-5-7-9-11-13-14-15-16-17-18-19-20-21-22-23-24-25-26-28-30-32-34-36-44(57)53-40(41(56)35-33-31-29-27-12-10-8-6-4-2)39-63-51-49(62)47(60)50(43(38-55)65-51)66-52-48(61)46(59)45(58)42(37-54)64-52/h17-18,40-43,45-52,54-56,58-62H,3-16,19-39H2,1-2H3,(H,53,57)/b18-17-. The Labute approximate surface area is 399 Å². The predicted molar refractivity (Wildman–Crippen MR) is 259 cm³/mol. The minimum Gasteiger partial charge on any atom is -0.394 e. The van der Waals surface area contributed by atoms with Gasteiger partial charge in [-0.15, -0.1) is 0 Å². The van der Waals surface area contributed by atoms with Crippen LogP contribution in [-0.4, -0.2) is 140 Å². The van der Waals surface area contributed by atoms with Crippen molar-refractivity contribution >= 4 is 5.91 Å². The van der Waals surface area contributed by atoms with Gasteiger partial charge in [-0.1, -0.05) is 187 Å². The molecule has 0 aromatic rings. The molecule has 14 nitrogen and oxygen atoms in total. The minimum absolute atomic E-state index is 0.208. The number of hydrogen-bond donors (Lipinski definition) is 9.